The second-order valence-electron chi connectivity index (χ2n) is 7.98. The van der Waals surface area contributed by atoms with Gasteiger partial charge in [-0.3, -0.25) is 9.59 Å². The summed E-state index contributed by atoms with van der Waals surface area (Å²) in [5.41, 5.74) is 3.85. The molecule has 11 heteroatoms. The van der Waals surface area contributed by atoms with Crippen molar-refractivity contribution in [3.63, 3.8) is 0 Å². The molecule has 2 N–H and O–H groups in total. The molecule has 2 aromatic carbocycles. The summed E-state index contributed by atoms with van der Waals surface area (Å²) in [6.07, 6.45) is 1.65. The average Bonchev–Trinajstić information content (AvgIpc) is 2.74. The Hall–Kier alpha value is -2.76. The van der Waals surface area contributed by atoms with E-state index in [-0.39, 0.29) is 23.0 Å². The summed E-state index contributed by atoms with van der Waals surface area (Å²) in [6, 6.07) is 8.55. The number of carbonyl (C=O) groups is 2. The predicted molar refractivity (Wildman–Crippen MR) is 132 cm³/mol. The number of hydrazone groups is 1. The van der Waals surface area contributed by atoms with E-state index in [1.807, 2.05) is 20.8 Å². The van der Waals surface area contributed by atoms with Crippen LogP contribution in [-0.4, -0.2) is 39.7 Å². The standard InChI is InChI=1S/C23H28BrN3O6S/c1-14(2)10-20(27-34(30,31)18-8-6-15(3)7-9-18)23(29)26-25-13-17-11-19(24)22(33-16(4)28)21(12-17)32-5/h6-9,11-14,20,27H,10H2,1-5H3,(H,26,29)/b25-13-/t20-/m1/s1. The maximum atomic E-state index is 12.8. The highest BCUT2D eigenvalue weighted by molar-refractivity contribution is 9.10. The van der Waals surface area contributed by atoms with Gasteiger partial charge in [-0.2, -0.15) is 9.82 Å². The zero-order chi connectivity index (χ0) is 25.5. The molecule has 0 unspecified atom stereocenters. The molecule has 1 amide bonds. The highest BCUT2D eigenvalue weighted by Gasteiger charge is 2.26. The molecule has 0 aromatic heterocycles. The first-order valence-electron chi connectivity index (χ1n) is 10.4. The third kappa shape index (κ3) is 7.93. The molecule has 2 rings (SSSR count). The van der Waals surface area contributed by atoms with Crippen molar-refractivity contribution < 1.29 is 27.5 Å². The first-order valence-corrected chi connectivity index (χ1v) is 12.7. The lowest BCUT2D eigenvalue weighted by Crippen LogP contribution is -2.46. The summed E-state index contributed by atoms with van der Waals surface area (Å²) in [5, 5.41) is 3.95. The Morgan fingerprint density at radius 2 is 1.82 bits per heavy atom. The molecule has 1 atom stereocenters. The molecular weight excluding hydrogens is 526 g/mol. The lowest BCUT2D eigenvalue weighted by Gasteiger charge is -2.19. The number of ether oxygens (including phenoxy) is 2. The van der Waals surface area contributed by atoms with Gasteiger partial charge in [-0.15, -0.1) is 0 Å². The van der Waals surface area contributed by atoms with Gasteiger partial charge in [0.1, 0.15) is 6.04 Å². The number of benzene rings is 2. The number of amides is 1. The molecule has 0 saturated carbocycles. The number of esters is 1. The largest absolute Gasteiger partial charge is 0.493 e. The van der Waals surface area contributed by atoms with Crippen LogP contribution in [-0.2, 0) is 19.6 Å². The minimum atomic E-state index is -3.90. The first-order chi connectivity index (χ1) is 15.9. The molecule has 34 heavy (non-hydrogen) atoms. The van der Waals surface area contributed by atoms with Crippen LogP contribution in [0.2, 0.25) is 0 Å². The smallest absolute Gasteiger partial charge is 0.308 e. The fraction of sp³-hybridized carbons (Fsp3) is 0.348. The second-order valence-corrected chi connectivity index (χ2v) is 10.5. The molecule has 0 fully saturated rings. The number of sulfonamides is 1. The van der Waals surface area contributed by atoms with Gasteiger partial charge in [0.05, 0.1) is 22.7 Å². The van der Waals surface area contributed by atoms with E-state index >= 15 is 0 Å². The van der Waals surface area contributed by atoms with Crippen molar-refractivity contribution in [1.82, 2.24) is 10.1 Å². The van der Waals surface area contributed by atoms with Crippen molar-refractivity contribution in [2.24, 2.45) is 11.0 Å². The van der Waals surface area contributed by atoms with Crippen LogP contribution < -0.4 is 19.6 Å². The number of hydrogen-bond donors (Lipinski definition) is 2. The number of rotatable bonds is 10. The molecule has 0 aliphatic heterocycles. The number of carbonyl (C=O) groups excluding carboxylic acids is 2. The summed E-state index contributed by atoms with van der Waals surface area (Å²) in [5.74, 6) is -0.533. The van der Waals surface area contributed by atoms with Crippen molar-refractivity contribution >= 4 is 44.0 Å². The van der Waals surface area contributed by atoms with Crippen molar-refractivity contribution in [2.75, 3.05) is 7.11 Å². The Kier molecular flexibility index (Phi) is 9.77. The first kappa shape index (κ1) is 27.5. The molecule has 0 saturated heterocycles. The van der Waals surface area contributed by atoms with Gasteiger partial charge in [-0.1, -0.05) is 31.5 Å². The molecule has 0 bridgehead atoms. The van der Waals surface area contributed by atoms with E-state index in [2.05, 4.69) is 31.2 Å². The molecule has 2 aromatic rings. The fourth-order valence-electron chi connectivity index (χ4n) is 2.96. The quantitative estimate of drug-likeness (QED) is 0.201. The summed E-state index contributed by atoms with van der Waals surface area (Å²) in [7, 11) is -2.48. The fourth-order valence-corrected chi connectivity index (χ4v) is 4.71. The number of nitrogens with zero attached hydrogens (tertiary/aromatic N) is 1. The normalized spacial score (nSPS) is 12.6. The number of nitrogens with one attached hydrogen (secondary N) is 2. The zero-order valence-corrected chi connectivity index (χ0v) is 22.0. The summed E-state index contributed by atoms with van der Waals surface area (Å²) in [4.78, 5) is 24.1. The Balaban J connectivity index is 2.17. The number of hydrogen-bond acceptors (Lipinski definition) is 7. The van der Waals surface area contributed by atoms with Crippen LogP contribution in [0.15, 0.2) is 50.9 Å². The molecule has 0 radical (unpaired) electrons. The topological polar surface area (TPSA) is 123 Å². The van der Waals surface area contributed by atoms with E-state index in [9.17, 15) is 18.0 Å². The van der Waals surface area contributed by atoms with Gasteiger partial charge in [0.15, 0.2) is 11.5 Å². The zero-order valence-electron chi connectivity index (χ0n) is 19.6. The van der Waals surface area contributed by atoms with Crippen LogP contribution in [0.4, 0.5) is 0 Å². The van der Waals surface area contributed by atoms with Gasteiger partial charge < -0.3 is 9.47 Å². The highest BCUT2D eigenvalue weighted by atomic mass is 79.9. The third-order valence-electron chi connectivity index (χ3n) is 4.54. The highest BCUT2D eigenvalue weighted by Crippen LogP contribution is 2.36. The minimum absolute atomic E-state index is 0.0504. The summed E-state index contributed by atoms with van der Waals surface area (Å²) < 4.78 is 38.8. The van der Waals surface area contributed by atoms with Crippen LogP contribution in [0.3, 0.4) is 0 Å². The number of methoxy groups -OCH3 is 1. The molecular formula is C23H28BrN3O6S. The van der Waals surface area contributed by atoms with Gasteiger partial charge in [-0.05, 0) is 65.0 Å². The van der Waals surface area contributed by atoms with Crippen LogP contribution in [0.5, 0.6) is 11.5 Å². The van der Waals surface area contributed by atoms with Crippen molar-refractivity contribution in [1.29, 1.82) is 0 Å². The van der Waals surface area contributed by atoms with E-state index < -0.39 is 27.9 Å². The van der Waals surface area contributed by atoms with E-state index in [1.165, 1.54) is 32.4 Å². The maximum absolute atomic E-state index is 12.8. The Bertz CT molecular complexity index is 1160. The Labute approximate surface area is 208 Å². The molecule has 0 aliphatic rings. The van der Waals surface area contributed by atoms with Crippen LogP contribution >= 0.6 is 15.9 Å². The average molecular weight is 554 g/mol. The van der Waals surface area contributed by atoms with Crippen LogP contribution in [0.25, 0.3) is 0 Å². The van der Waals surface area contributed by atoms with Gasteiger partial charge >= 0.3 is 5.97 Å². The molecule has 184 valence electrons. The van der Waals surface area contributed by atoms with Gasteiger partial charge in [-0.25, -0.2) is 13.8 Å². The lowest BCUT2D eigenvalue weighted by molar-refractivity contribution is -0.132. The van der Waals surface area contributed by atoms with Crippen LogP contribution in [0, 0.1) is 12.8 Å². The Morgan fingerprint density at radius 1 is 1.18 bits per heavy atom. The number of halogens is 1. The minimum Gasteiger partial charge on any atom is -0.493 e. The van der Waals surface area contributed by atoms with Crippen molar-refractivity contribution in [3.8, 4) is 11.5 Å². The summed E-state index contributed by atoms with van der Waals surface area (Å²) >= 11 is 3.32. The molecule has 0 spiro atoms. The van der Waals surface area contributed by atoms with Gasteiger partial charge in [0.25, 0.3) is 5.91 Å². The van der Waals surface area contributed by atoms with E-state index in [0.29, 0.717) is 15.8 Å². The van der Waals surface area contributed by atoms with E-state index in [0.717, 1.165) is 5.56 Å². The van der Waals surface area contributed by atoms with Gasteiger partial charge in [0.2, 0.25) is 10.0 Å². The van der Waals surface area contributed by atoms with E-state index in [1.54, 1.807) is 24.3 Å². The second kappa shape index (κ2) is 12.1. The molecule has 9 nitrogen and oxygen atoms in total. The third-order valence-corrected chi connectivity index (χ3v) is 6.61. The maximum Gasteiger partial charge on any atom is 0.308 e. The monoisotopic (exact) mass is 553 g/mol. The lowest BCUT2D eigenvalue weighted by atomic mass is 10.0. The summed E-state index contributed by atoms with van der Waals surface area (Å²) in [6.45, 7) is 6.91. The molecule has 0 aliphatic carbocycles. The van der Waals surface area contributed by atoms with Crippen LogP contribution in [0.1, 0.15) is 38.3 Å². The molecule has 0 heterocycles. The van der Waals surface area contributed by atoms with Crippen molar-refractivity contribution in [2.45, 2.75) is 45.1 Å². The SMILES string of the molecule is COc1cc(/C=N\NC(=O)[C@@H](CC(C)C)NS(=O)(=O)c2ccc(C)cc2)cc(Br)c1OC(C)=O. The predicted octanol–water partition coefficient (Wildman–Crippen LogP) is 3.53. The Morgan fingerprint density at radius 3 is 2.38 bits per heavy atom. The van der Waals surface area contributed by atoms with E-state index in [4.69, 9.17) is 9.47 Å². The number of aryl methyl sites for hydroxylation is 1. The van der Waals surface area contributed by atoms with Gasteiger partial charge in [0, 0.05) is 6.92 Å². The van der Waals surface area contributed by atoms with Crippen molar-refractivity contribution in [3.05, 3.63) is 52.0 Å².